The monoisotopic (exact) mass is 387 g/mol. The Morgan fingerprint density at radius 3 is 2.57 bits per heavy atom. The molecule has 0 bridgehead atoms. The Morgan fingerprint density at radius 2 is 1.79 bits per heavy atom. The molecule has 1 heterocycles. The second kappa shape index (κ2) is 11.1. The highest BCUT2D eigenvalue weighted by molar-refractivity contribution is 5.78. The molecule has 1 aromatic rings. The van der Waals surface area contributed by atoms with Crippen LogP contribution in [0, 0.1) is 0 Å². The fourth-order valence-corrected chi connectivity index (χ4v) is 3.96. The quantitative estimate of drug-likeness (QED) is 0.639. The average Bonchev–Trinajstić information content (AvgIpc) is 3.26. The molecule has 1 saturated carbocycles. The summed E-state index contributed by atoms with van der Waals surface area (Å²) in [5.41, 5.74) is 1.00. The Morgan fingerprint density at radius 1 is 1.04 bits per heavy atom. The molecule has 2 fully saturated rings. The van der Waals surface area contributed by atoms with Gasteiger partial charge in [-0.1, -0.05) is 37.5 Å². The molecule has 0 aromatic heterocycles. The average molecular weight is 388 g/mol. The molecule has 0 radical (unpaired) electrons. The maximum absolute atomic E-state index is 12.2. The molecule has 154 valence electrons. The summed E-state index contributed by atoms with van der Waals surface area (Å²) in [7, 11) is 0. The maximum Gasteiger partial charge on any atom is 0.260 e. The van der Waals surface area contributed by atoms with E-state index in [1.165, 1.54) is 19.3 Å². The van der Waals surface area contributed by atoms with Crippen LogP contribution in [-0.2, 0) is 16.1 Å². The number of nitrogens with zero attached hydrogens (tertiary/aromatic N) is 1. The Kier molecular flexibility index (Phi) is 8.15. The van der Waals surface area contributed by atoms with Crippen LogP contribution in [0.5, 0.6) is 5.75 Å². The van der Waals surface area contributed by atoms with Gasteiger partial charge in [0.1, 0.15) is 5.75 Å². The van der Waals surface area contributed by atoms with E-state index in [4.69, 9.17) is 4.74 Å². The Bertz CT molecular complexity index is 638. The molecule has 2 amide bonds. The summed E-state index contributed by atoms with van der Waals surface area (Å²) in [6.45, 7) is 3.01. The highest BCUT2D eigenvalue weighted by atomic mass is 16.5. The number of carbonyl (C=O) groups excluding carboxylic acids is 2. The van der Waals surface area contributed by atoms with Crippen molar-refractivity contribution in [1.29, 1.82) is 0 Å². The van der Waals surface area contributed by atoms with E-state index in [0.29, 0.717) is 25.6 Å². The van der Waals surface area contributed by atoms with E-state index in [0.717, 1.165) is 50.1 Å². The molecule has 1 aromatic carbocycles. The maximum atomic E-state index is 12.2. The van der Waals surface area contributed by atoms with Crippen molar-refractivity contribution in [1.82, 2.24) is 15.5 Å². The third kappa shape index (κ3) is 6.51. The zero-order valence-corrected chi connectivity index (χ0v) is 16.8. The van der Waals surface area contributed by atoms with E-state index < -0.39 is 0 Å². The van der Waals surface area contributed by atoms with Crippen molar-refractivity contribution in [2.45, 2.75) is 64.0 Å². The van der Waals surface area contributed by atoms with Crippen LogP contribution < -0.4 is 15.4 Å². The smallest absolute Gasteiger partial charge is 0.260 e. The molecule has 1 aliphatic carbocycles. The van der Waals surface area contributed by atoms with Gasteiger partial charge in [-0.05, 0) is 31.7 Å². The summed E-state index contributed by atoms with van der Waals surface area (Å²) < 4.78 is 5.78. The molecule has 0 atom stereocenters. The lowest BCUT2D eigenvalue weighted by Crippen LogP contribution is -2.37. The van der Waals surface area contributed by atoms with Crippen molar-refractivity contribution >= 4 is 11.8 Å². The normalized spacial score (nSPS) is 17.5. The van der Waals surface area contributed by atoms with Gasteiger partial charge in [-0.15, -0.1) is 0 Å². The lowest BCUT2D eigenvalue weighted by molar-refractivity contribution is -0.132. The minimum absolute atomic E-state index is 0.0552. The largest absolute Gasteiger partial charge is 0.483 e. The predicted octanol–water partition coefficient (Wildman–Crippen LogP) is 2.62. The minimum atomic E-state index is 0.0552. The van der Waals surface area contributed by atoms with Crippen LogP contribution in [0.1, 0.15) is 56.9 Å². The Balaban J connectivity index is 1.37. The summed E-state index contributed by atoms with van der Waals surface area (Å²) in [5.74, 6) is 0.911. The van der Waals surface area contributed by atoms with Crippen LogP contribution in [0.15, 0.2) is 24.3 Å². The number of amides is 2. The van der Waals surface area contributed by atoms with Gasteiger partial charge < -0.3 is 20.3 Å². The van der Waals surface area contributed by atoms with Crippen LogP contribution in [0.3, 0.4) is 0 Å². The molecule has 28 heavy (non-hydrogen) atoms. The topological polar surface area (TPSA) is 70.7 Å². The van der Waals surface area contributed by atoms with Gasteiger partial charge in [0.2, 0.25) is 5.91 Å². The first-order valence-corrected chi connectivity index (χ1v) is 10.7. The number of hydrogen-bond acceptors (Lipinski definition) is 4. The van der Waals surface area contributed by atoms with Gasteiger partial charge in [-0.2, -0.15) is 0 Å². The van der Waals surface area contributed by atoms with Crippen molar-refractivity contribution < 1.29 is 14.3 Å². The lowest BCUT2D eigenvalue weighted by atomic mass is 9.95. The van der Waals surface area contributed by atoms with E-state index in [1.807, 2.05) is 29.2 Å². The van der Waals surface area contributed by atoms with Crippen molar-refractivity contribution in [3.05, 3.63) is 29.8 Å². The highest BCUT2D eigenvalue weighted by Gasteiger charge is 2.18. The first-order valence-electron chi connectivity index (χ1n) is 10.7. The molecule has 2 aliphatic rings. The standard InChI is InChI=1S/C22H33N3O3/c26-21(24-19-9-2-1-3-10-19)12-13-23-16-18-8-4-5-11-20(18)28-17-22(27)25-14-6-7-15-25/h4-5,8,11,19,23H,1-3,6-7,9-10,12-17H2,(H,24,26). The molecule has 6 nitrogen and oxygen atoms in total. The van der Waals surface area contributed by atoms with Gasteiger partial charge in [-0.3, -0.25) is 9.59 Å². The third-order valence-electron chi connectivity index (χ3n) is 5.60. The van der Waals surface area contributed by atoms with Crippen molar-refractivity contribution in [2.75, 3.05) is 26.2 Å². The molecule has 0 unspecified atom stereocenters. The van der Waals surface area contributed by atoms with Gasteiger partial charge in [0.15, 0.2) is 6.61 Å². The number of para-hydroxylation sites is 1. The molecule has 2 N–H and O–H groups in total. The second-order valence-corrected chi connectivity index (χ2v) is 7.81. The minimum Gasteiger partial charge on any atom is -0.483 e. The number of nitrogens with one attached hydrogen (secondary N) is 2. The summed E-state index contributed by atoms with van der Waals surface area (Å²) in [4.78, 5) is 26.1. The predicted molar refractivity (Wildman–Crippen MR) is 109 cm³/mol. The van der Waals surface area contributed by atoms with E-state index in [2.05, 4.69) is 10.6 Å². The Hall–Kier alpha value is -2.08. The van der Waals surface area contributed by atoms with Crippen LogP contribution >= 0.6 is 0 Å². The number of carbonyl (C=O) groups is 2. The SMILES string of the molecule is O=C(CCNCc1ccccc1OCC(=O)N1CCCC1)NC1CCCCC1. The molecule has 1 aliphatic heterocycles. The van der Waals surface area contributed by atoms with E-state index in [9.17, 15) is 9.59 Å². The summed E-state index contributed by atoms with van der Waals surface area (Å²) >= 11 is 0. The zero-order chi connectivity index (χ0) is 19.6. The van der Waals surface area contributed by atoms with E-state index >= 15 is 0 Å². The van der Waals surface area contributed by atoms with Gasteiger partial charge in [0.05, 0.1) is 0 Å². The molecule has 1 saturated heterocycles. The molecular formula is C22H33N3O3. The van der Waals surface area contributed by atoms with Crippen LogP contribution in [0.25, 0.3) is 0 Å². The van der Waals surface area contributed by atoms with Crippen molar-refractivity contribution in [3.63, 3.8) is 0 Å². The van der Waals surface area contributed by atoms with Crippen LogP contribution in [-0.4, -0.2) is 49.0 Å². The molecular weight excluding hydrogens is 354 g/mol. The Labute approximate surface area is 168 Å². The first kappa shape index (κ1) is 20.6. The van der Waals surface area contributed by atoms with E-state index in [-0.39, 0.29) is 18.4 Å². The molecule has 3 rings (SSSR count). The van der Waals surface area contributed by atoms with Gasteiger partial charge in [0.25, 0.3) is 5.91 Å². The summed E-state index contributed by atoms with van der Waals surface area (Å²) in [6.07, 6.45) is 8.60. The number of ether oxygens (including phenoxy) is 1. The van der Waals surface area contributed by atoms with Gasteiger partial charge in [-0.25, -0.2) is 0 Å². The van der Waals surface area contributed by atoms with E-state index in [1.54, 1.807) is 0 Å². The van der Waals surface area contributed by atoms with Gasteiger partial charge in [0, 0.05) is 44.2 Å². The van der Waals surface area contributed by atoms with Gasteiger partial charge >= 0.3 is 0 Å². The number of rotatable bonds is 9. The number of likely N-dealkylation sites (tertiary alicyclic amines) is 1. The highest BCUT2D eigenvalue weighted by Crippen LogP contribution is 2.19. The fraction of sp³-hybridized carbons (Fsp3) is 0.636. The van der Waals surface area contributed by atoms with Crippen LogP contribution in [0.2, 0.25) is 0 Å². The molecule has 0 spiro atoms. The lowest BCUT2D eigenvalue weighted by Gasteiger charge is -2.22. The molecule has 6 heteroatoms. The summed E-state index contributed by atoms with van der Waals surface area (Å²) in [5, 5.41) is 6.46. The number of hydrogen-bond donors (Lipinski definition) is 2. The van der Waals surface area contributed by atoms with Crippen LogP contribution in [0.4, 0.5) is 0 Å². The fourth-order valence-electron chi connectivity index (χ4n) is 3.96. The first-order chi connectivity index (χ1) is 13.7. The summed E-state index contributed by atoms with van der Waals surface area (Å²) in [6, 6.07) is 8.12. The zero-order valence-electron chi connectivity index (χ0n) is 16.8. The number of benzene rings is 1. The van der Waals surface area contributed by atoms with Crippen molar-refractivity contribution in [2.24, 2.45) is 0 Å². The van der Waals surface area contributed by atoms with Crippen molar-refractivity contribution in [3.8, 4) is 5.75 Å². The second-order valence-electron chi connectivity index (χ2n) is 7.81. The third-order valence-corrected chi connectivity index (χ3v) is 5.60.